The molecule has 0 unspecified atom stereocenters. The van der Waals surface area contributed by atoms with Gasteiger partial charge in [0.05, 0.1) is 14.9 Å². The molecule has 1 heterocycles. The van der Waals surface area contributed by atoms with Gasteiger partial charge in [-0.15, -0.1) is 11.3 Å². The van der Waals surface area contributed by atoms with Crippen LogP contribution in [0.15, 0.2) is 21.5 Å². The van der Waals surface area contributed by atoms with E-state index in [2.05, 4.69) is 22.0 Å². The van der Waals surface area contributed by atoms with Crippen LogP contribution in [-0.2, 0) is 0 Å². The highest BCUT2D eigenvalue weighted by Crippen LogP contribution is 2.33. The predicted molar refractivity (Wildman–Crippen MR) is 65.3 cm³/mol. The molecule has 0 atom stereocenters. The van der Waals surface area contributed by atoms with Gasteiger partial charge in [-0.2, -0.15) is 5.26 Å². The average Bonchev–Trinajstić information content (AvgIpc) is 2.60. The molecule has 0 aliphatic heterocycles. The topological polar surface area (TPSA) is 23.8 Å². The molecule has 0 spiro atoms. The number of hydrogen-bond acceptors (Lipinski definition) is 2. The van der Waals surface area contributed by atoms with Gasteiger partial charge in [0.2, 0.25) is 0 Å². The summed E-state index contributed by atoms with van der Waals surface area (Å²) < 4.78 is 1.03. The van der Waals surface area contributed by atoms with Crippen molar-refractivity contribution in [1.29, 1.82) is 5.26 Å². The van der Waals surface area contributed by atoms with E-state index in [0.717, 1.165) is 21.5 Å². The molecule has 0 fully saturated rings. The molecule has 1 aromatic rings. The van der Waals surface area contributed by atoms with E-state index in [0.29, 0.717) is 10.6 Å². The zero-order chi connectivity index (χ0) is 10.6. The van der Waals surface area contributed by atoms with Crippen LogP contribution in [0.25, 0.3) is 5.03 Å². The number of hydrogen-bond donors (Lipinski definition) is 0. The van der Waals surface area contributed by atoms with E-state index in [1.54, 1.807) is 11.3 Å². The van der Waals surface area contributed by atoms with Gasteiger partial charge in [0.1, 0.15) is 0 Å². The van der Waals surface area contributed by atoms with E-state index in [1.165, 1.54) is 0 Å². The van der Waals surface area contributed by atoms with Gasteiger partial charge in [-0.1, -0.05) is 24.9 Å². The molecule has 0 aliphatic carbocycles. The predicted octanol–water partition coefficient (Wildman–Crippen LogP) is 4.78. The van der Waals surface area contributed by atoms with Gasteiger partial charge in [0.25, 0.3) is 0 Å². The summed E-state index contributed by atoms with van der Waals surface area (Å²) in [5.41, 5.74) is 0.670. The molecule has 74 valence electrons. The molecule has 1 nitrogen and oxygen atoms in total. The lowest BCUT2D eigenvalue weighted by Gasteiger charge is -1.98. The van der Waals surface area contributed by atoms with Crippen molar-refractivity contribution >= 4 is 43.9 Å². The maximum absolute atomic E-state index is 8.90. The Hall–Kier alpha value is -0.300. The summed E-state index contributed by atoms with van der Waals surface area (Å²) in [5, 5.41) is 9.48. The monoisotopic (exact) mass is 289 g/mol. The lowest BCUT2D eigenvalue weighted by molar-refractivity contribution is 0.933. The molecule has 1 aromatic heterocycles. The van der Waals surface area contributed by atoms with Gasteiger partial charge in [-0.05, 0) is 34.5 Å². The van der Waals surface area contributed by atoms with Crippen LogP contribution in [0.5, 0.6) is 0 Å². The Morgan fingerprint density at radius 2 is 2.36 bits per heavy atom. The van der Waals surface area contributed by atoms with Gasteiger partial charge in [0, 0.05) is 10.5 Å². The third-order valence-corrected chi connectivity index (χ3v) is 3.87. The number of allylic oxidation sites excluding steroid dienone is 1. The van der Waals surface area contributed by atoms with Crippen LogP contribution in [0.3, 0.4) is 0 Å². The minimum absolute atomic E-state index is 0.588. The largest absolute Gasteiger partial charge is 0.193 e. The Morgan fingerprint density at radius 3 is 2.79 bits per heavy atom. The van der Waals surface area contributed by atoms with E-state index >= 15 is 0 Å². The number of halogens is 2. The standard InChI is InChI=1S/C10H9BrClNS/c1-2-3-7(6-13)10(12)8-4-5-9(11)14-8/h4-5H,2-3H2,1H3. The maximum atomic E-state index is 8.90. The van der Waals surface area contributed by atoms with Crippen LogP contribution in [-0.4, -0.2) is 0 Å². The molecule has 0 bridgehead atoms. The summed E-state index contributed by atoms with van der Waals surface area (Å²) in [6, 6.07) is 6.00. The maximum Gasteiger partial charge on any atom is 0.0963 e. The highest BCUT2D eigenvalue weighted by atomic mass is 79.9. The van der Waals surface area contributed by atoms with Gasteiger partial charge >= 0.3 is 0 Å². The number of thiophene rings is 1. The lowest BCUT2D eigenvalue weighted by Crippen LogP contribution is -1.81. The van der Waals surface area contributed by atoms with Crippen molar-refractivity contribution < 1.29 is 0 Å². The second-order valence-electron chi connectivity index (χ2n) is 2.76. The van der Waals surface area contributed by atoms with Crippen molar-refractivity contribution in [3.63, 3.8) is 0 Å². The molecule has 0 aromatic carbocycles. The van der Waals surface area contributed by atoms with Crippen LogP contribution in [0.4, 0.5) is 0 Å². The van der Waals surface area contributed by atoms with Crippen LogP contribution < -0.4 is 0 Å². The molecule has 0 N–H and O–H groups in total. The van der Waals surface area contributed by atoms with Crippen molar-refractivity contribution in [2.75, 3.05) is 0 Å². The summed E-state index contributed by atoms with van der Waals surface area (Å²) in [6.07, 6.45) is 1.68. The summed E-state index contributed by atoms with van der Waals surface area (Å²) in [6.45, 7) is 2.03. The Bertz CT molecular complexity index is 389. The second kappa shape index (κ2) is 5.55. The molecule has 4 heteroatoms. The first-order valence-corrected chi connectivity index (χ1v) is 6.22. The fourth-order valence-electron chi connectivity index (χ4n) is 1.05. The number of rotatable bonds is 3. The molecular formula is C10H9BrClNS. The van der Waals surface area contributed by atoms with Crippen LogP contribution >= 0.6 is 38.9 Å². The van der Waals surface area contributed by atoms with Crippen LogP contribution in [0.1, 0.15) is 24.6 Å². The Labute approximate surface area is 101 Å². The third kappa shape index (κ3) is 2.84. The molecule has 0 saturated heterocycles. The van der Waals surface area contributed by atoms with Crippen molar-refractivity contribution in [1.82, 2.24) is 0 Å². The lowest BCUT2D eigenvalue weighted by atomic mass is 10.1. The molecule has 14 heavy (non-hydrogen) atoms. The normalized spacial score (nSPS) is 12.1. The molecule has 1 rings (SSSR count). The fraction of sp³-hybridized carbons (Fsp3) is 0.300. The third-order valence-electron chi connectivity index (χ3n) is 1.69. The van der Waals surface area contributed by atoms with Crippen molar-refractivity contribution in [3.05, 3.63) is 26.4 Å². The minimum Gasteiger partial charge on any atom is -0.193 e. The average molecular weight is 291 g/mol. The highest BCUT2D eigenvalue weighted by Gasteiger charge is 2.08. The number of nitrogens with zero attached hydrogens (tertiary/aromatic N) is 1. The summed E-state index contributed by atoms with van der Waals surface area (Å²) >= 11 is 11.0. The first kappa shape index (κ1) is 11.8. The fourth-order valence-corrected chi connectivity index (χ4v) is 2.71. The second-order valence-corrected chi connectivity index (χ2v) is 5.60. The molecule has 0 amide bonds. The molecular weight excluding hydrogens is 282 g/mol. The molecule has 0 radical (unpaired) electrons. The van der Waals surface area contributed by atoms with E-state index in [9.17, 15) is 0 Å². The quantitative estimate of drug-likeness (QED) is 0.735. The van der Waals surface area contributed by atoms with E-state index < -0.39 is 0 Å². The smallest absolute Gasteiger partial charge is 0.0963 e. The first-order chi connectivity index (χ1) is 6.69. The zero-order valence-electron chi connectivity index (χ0n) is 7.68. The van der Waals surface area contributed by atoms with E-state index in [4.69, 9.17) is 16.9 Å². The van der Waals surface area contributed by atoms with Crippen LogP contribution in [0, 0.1) is 11.3 Å². The van der Waals surface area contributed by atoms with Gasteiger partial charge in [-0.3, -0.25) is 0 Å². The summed E-state index contributed by atoms with van der Waals surface area (Å²) in [7, 11) is 0. The summed E-state index contributed by atoms with van der Waals surface area (Å²) in [4.78, 5) is 0.948. The van der Waals surface area contributed by atoms with Gasteiger partial charge < -0.3 is 0 Å². The Kier molecular flexibility index (Phi) is 4.67. The minimum atomic E-state index is 0.588. The van der Waals surface area contributed by atoms with E-state index in [1.807, 2.05) is 19.1 Å². The first-order valence-electron chi connectivity index (χ1n) is 4.23. The van der Waals surface area contributed by atoms with Crippen LogP contribution in [0.2, 0.25) is 0 Å². The Morgan fingerprint density at radius 1 is 1.64 bits per heavy atom. The highest BCUT2D eigenvalue weighted by molar-refractivity contribution is 9.11. The SMILES string of the molecule is CCCC(C#N)=C(Cl)c1ccc(Br)s1. The van der Waals surface area contributed by atoms with Crippen molar-refractivity contribution in [3.8, 4) is 6.07 Å². The van der Waals surface area contributed by atoms with E-state index in [-0.39, 0.29) is 0 Å². The molecule has 0 aliphatic rings. The van der Waals surface area contributed by atoms with Crippen molar-refractivity contribution in [2.24, 2.45) is 0 Å². The van der Waals surface area contributed by atoms with Gasteiger partial charge in [0.15, 0.2) is 0 Å². The Balaban J connectivity index is 3.02. The van der Waals surface area contributed by atoms with Gasteiger partial charge in [-0.25, -0.2) is 0 Å². The van der Waals surface area contributed by atoms with Crippen molar-refractivity contribution in [2.45, 2.75) is 19.8 Å². The summed E-state index contributed by atoms with van der Waals surface area (Å²) in [5.74, 6) is 0. The molecule has 0 saturated carbocycles. The zero-order valence-corrected chi connectivity index (χ0v) is 10.8. The number of nitriles is 1.